The fraction of sp³-hybridized carbons (Fsp3) is 0.464. The molecule has 13 nitrogen and oxygen atoms in total. The molecule has 0 saturated carbocycles. The van der Waals surface area contributed by atoms with Gasteiger partial charge in [-0.25, -0.2) is 10.3 Å². The summed E-state index contributed by atoms with van der Waals surface area (Å²) >= 11 is 0. The first-order valence-electron chi connectivity index (χ1n) is 13.8. The number of guanidine groups is 2. The van der Waals surface area contributed by atoms with Gasteiger partial charge in [-0.15, -0.1) is 0 Å². The minimum atomic E-state index is -1.19. The lowest BCUT2D eigenvalue weighted by Gasteiger charge is -2.43. The number of ether oxygens (including phenoxy) is 1. The van der Waals surface area contributed by atoms with Gasteiger partial charge in [0.25, 0.3) is 11.8 Å². The summed E-state index contributed by atoms with van der Waals surface area (Å²) in [7, 11) is 0. The van der Waals surface area contributed by atoms with Crippen LogP contribution in [0.5, 0.6) is 5.75 Å². The maximum atomic E-state index is 13.6. The van der Waals surface area contributed by atoms with E-state index in [9.17, 15) is 14.7 Å². The van der Waals surface area contributed by atoms with Crippen LogP contribution in [0.1, 0.15) is 52.2 Å². The molecule has 1 aromatic carbocycles. The van der Waals surface area contributed by atoms with E-state index in [-0.39, 0.29) is 47.9 Å². The number of rotatable bonds is 5. The molecule has 9 N–H and O–H groups in total. The highest BCUT2D eigenvalue weighted by Crippen LogP contribution is 2.41. The van der Waals surface area contributed by atoms with Crippen molar-refractivity contribution in [2.75, 3.05) is 19.7 Å². The summed E-state index contributed by atoms with van der Waals surface area (Å²) in [4.78, 5) is 40.0. The average Bonchev–Trinajstić information content (AvgIpc) is 3.43. The molecule has 4 aliphatic rings. The van der Waals surface area contributed by atoms with Crippen LogP contribution in [-0.2, 0) is 5.41 Å². The number of amides is 2. The molecule has 0 aliphatic carbocycles. The van der Waals surface area contributed by atoms with Crippen LogP contribution in [0.3, 0.4) is 0 Å². The standard InChI is InChI=1S/C28H35N9O4/c1-14-7-9-31-17(11-14)24(40)32-12-18-21-28(36-25(29)35-21)22(38)19(13-37(28)26(30)34-18)33-23(39)15-5-4-6-16-20(15)41-10-8-27(16,2)3/h4-7,9,11,18-19,21-22,38H,8,10,12-13H2,1-3H3,(H2,30,34)(H,32,40)(H,33,39)(H3,29,35,36)/p+1/t18-,19+,21?,22+,28?/m0/s1. The number of para-hydroxylation sites is 1. The Morgan fingerprint density at radius 3 is 2.85 bits per heavy atom. The van der Waals surface area contributed by atoms with Crippen molar-refractivity contribution in [1.29, 1.82) is 0 Å². The number of nitrogens with zero attached hydrogens (tertiary/aromatic N) is 3. The number of aliphatic imine (C=N–C) groups is 1. The predicted octanol–water partition coefficient (Wildman–Crippen LogP) is -2.58. The molecule has 6 rings (SSSR count). The van der Waals surface area contributed by atoms with Crippen molar-refractivity contribution >= 4 is 23.7 Å². The molecule has 41 heavy (non-hydrogen) atoms. The van der Waals surface area contributed by atoms with Crippen LogP contribution in [0.4, 0.5) is 0 Å². The van der Waals surface area contributed by atoms with Crippen LogP contribution in [0.15, 0.2) is 41.5 Å². The summed E-state index contributed by atoms with van der Waals surface area (Å²) in [5, 5.41) is 20.8. The Morgan fingerprint density at radius 1 is 1.27 bits per heavy atom. The van der Waals surface area contributed by atoms with Crippen molar-refractivity contribution in [2.45, 2.75) is 62.5 Å². The molecule has 1 spiro atoms. The third-order valence-corrected chi connectivity index (χ3v) is 8.64. The van der Waals surface area contributed by atoms with Crippen molar-refractivity contribution in [3.05, 3.63) is 58.9 Å². The van der Waals surface area contributed by atoms with Crippen molar-refractivity contribution in [2.24, 2.45) is 16.5 Å². The van der Waals surface area contributed by atoms with E-state index in [1.165, 1.54) is 0 Å². The summed E-state index contributed by atoms with van der Waals surface area (Å²) in [6.45, 7) is 6.97. The molecular formula is C28H36N9O4+. The maximum Gasteiger partial charge on any atom is 0.343 e. The SMILES string of the molecule is Cc1ccnc(C(=O)NC[C@@H]2N=C(N)N3C[C@@H](NC(=O)c4cccc5c4OCCC5(C)C)[C@@H](O)C34NC(N)=[NH+]C24)c1. The van der Waals surface area contributed by atoms with E-state index in [0.717, 1.165) is 17.5 Å². The second-order valence-electron chi connectivity index (χ2n) is 11.8. The van der Waals surface area contributed by atoms with Crippen LogP contribution in [0.25, 0.3) is 0 Å². The Balaban J connectivity index is 1.23. The maximum absolute atomic E-state index is 13.6. The molecule has 0 radical (unpaired) electrons. The van der Waals surface area contributed by atoms with Gasteiger partial charge in [0.15, 0.2) is 12.0 Å². The highest BCUT2D eigenvalue weighted by atomic mass is 16.5. The molecule has 4 aliphatic heterocycles. The van der Waals surface area contributed by atoms with E-state index in [1.54, 1.807) is 23.2 Å². The van der Waals surface area contributed by atoms with E-state index < -0.39 is 29.9 Å². The second kappa shape index (κ2) is 9.61. The van der Waals surface area contributed by atoms with Gasteiger partial charge in [0.1, 0.15) is 23.6 Å². The van der Waals surface area contributed by atoms with Crippen LogP contribution >= 0.6 is 0 Å². The first kappa shape index (κ1) is 26.8. The minimum Gasteiger partial charge on any atom is -0.492 e. The second-order valence-corrected chi connectivity index (χ2v) is 11.8. The lowest BCUT2D eigenvalue weighted by Crippen LogP contribution is -2.88. The number of nitrogens with one attached hydrogen (secondary N) is 4. The third-order valence-electron chi connectivity index (χ3n) is 8.64. The molecular weight excluding hydrogens is 526 g/mol. The molecule has 2 amide bonds. The minimum absolute atomic E-state index is 0.115. The molecule has 1 fully saturated rings. The summed E-state index contributed by atoms with van der Waals surface area (Å²) < 4.78 is 5.94. The number of carbonyl (C=O) groups excluding carboxylic acids is 2. The molecule has 216 valence electrons. The Kier molecular flexibility index (Phi) is 6.29. The zero-order valence-electron chi connectivity index (χ0n) is 23.3. The first-order chi connectivity index (χ1) is 19.5. The van der Waals surface area contributed by atoms with Crippen LogP contribution in [-0.4, -0.2) is 88.3 Å². The molecule has 1 saturated heterocycles. The number of aliphatic hydroxyl groups is 1. The lowest BCUT2D eigenvalue weighted by atomic mass is 9.79. The van der Waals surface area contributed by atoms with Gasteiger partial charge >= 0.3 is 5.96 Å². The van der Waals surface area contributed by atoms with Gasteiger partial charge in [0.05, 0.1) is 18.2 Å². The van der Waals surface area contributed by atoms with Gasteiger partial charge in [0, 0.05) is 24.8 Å². The van der Waals surface area contributed by atoms with Gasteiger partial charge in [-0.2, -0.15) is 0 Å². The first-order valence-corrected chi connectivity index (χ1v) is 13.8. The van der Waals surface area contributed by atoms with Crippen LogP contribution in [0.2, 0.25) is 0 Å². The van der Waals surface area contributed by atoms with Crippen molar-refractivity contribution in [3.63, 3.8) is 0 Å². The molecule has 5 atom stereocenters. The largest absolute Gasteiger partial charge is 0.492 e. The molecule has 5 heterocycles. The van der Waals surface area contributed by atoms with E-state index in [2.05, 4.69) is 44.8 Å². The zero-order chi connectivity index (χ0) is 29.1. The zero-order valence-corrected chi connectivity index (χ0v) is 23.3. The Labute approximate surface area is 237 Å². The molecule has 0 bridgehead atoms. The molecule has 2 aromatic rings. The van der Waals surface area contributed by atoms with Gasteiger partial charge in [-0.1, -0.05) is 26.0 Å². The number of aromatic nitrogens is 1. The Hall–Kier alpha value is -4.39. The third kappa shape index (κ3) is 4.31. The van der Waals surface area contributed by atoms with Gasteiger partial charge in [0.2, 0.25) is 5.66 Å². The molecule has 2 unspecified atom stereocenters. The summed E-state index contributed by atoms with van der Waals surface area (Å²) in [5.74, 6) is 0.261. The van der Waals surface area contributed by atoms with Crippen molar-refractivity contribution in [1.82, 2.24) is 25.8 Å². The normalized spacial score (nSPS) is 29.1. The summed E-state index contributed by atoms with van der Waals surface area (Å²) in [5.41, 5.74) is 13.9. The van der Waals surface area contributed by atoms with E-state index in [4.69, 9.17) is 16.2 Å². The van der Waals surface area contributed by atoms with Crippen LogP contribution in [0, 0.1) is 6.92 Å². The molecule has 1 aromatic heterocycles. The number of nitrogens with two attached hydrogens (primary N) is 2. The van der Waals surface area contributed by atoms with Gasteiger partial charge in [-0.3, -0.25) is 25.3 Å². The summed E-state index contributed by atoms with van der Waals surface area (Å²) in [6.07, 6.45) is 1.30. The number of hydrogen-bond acceptors (Lipinski definition) is 10. The van der Waals surface area contributed by atoms with Crippen molar-refractivity contribution < 1.29 is 24.4 Å². The number of pyridine rings is 1. The fourth-order valence-corrected chi connectivity index (χ4v) is 6.43. The number of carbonyl (C=O) groups is 2. The highest BCUT2D eigenvalue weighted by Gasteiger charge is 2.68. The number of hydrogen-bond donors (Lipinski definition) is 7. The predicted molar refractivity (Wildman–Crippen MR) is 150 cm³/mol. The Bertz CT molecular complexity index is 1470. The number of aryl methyl sites for hydroxylation is 1. The lowest BCUT2D eigenvalue weighted by molar-refractivity contribution is -0.513. The number of benzene rings is 1. The fourth-order valence-electron chi connectivity index (χ4n) is 6.43. The van der Waals surface area contributed by atoms with Gasteiger partial charge in [-0.05, 0) is 42.5 Å². The molecule has 13 heteroatoms. The van der Waals surface area contributed by atoms with E-state index in [1.807, 2.05) is 25.1 Å². The monoisotopic (exact) mass is 562 g/mol. The Morgan fingerprint density at radius 2 is 2.07 bits per heavy atom. The highest BCUT2D eigenvalue weighted by molar-refractivity contribution is 5.98. The van der Waals surface area contributed by atoms with E-state index in [0.29, 0.717) is 17.9 Å². The number of aliphatic hydroxyl groups excluding tert-OH is 1. The van der Waals surface area contributed by atoms with E-state index >= 15 is 0 Å². The number of fused-ring (bicyclic) bond motifs is 1. The van der Waals surface area contributed by atoms with Gasteiger partial charge < -0.3 is 31.1 Å². The van der Waals surface area contributed by atoms with Crippen molar-refractivity contribution in [3.8, 4) is 5.75 Å². The topological polar surface area (TPSA) is 194 Å². The van der Waals surface area contributed by atoms with Crippen LogP contribution < -0.4 is 37.1 Å². The summed E-state index contributed by atoms with van der Waals surface area (Å²) in [6, 6.07) is 7.21. The quantitative estimate of drug-likeness (QED) is 0.205. The average molecular weight is 563 g/mol. The smallest absolute Gasteiger partial charge is 0.343 e.